The van der Waals surface area contributed by atoms with Gasteiger partial charge in [-0.15, -0.1) is 11.3 Å². The van der Waals surface area contributed by atoms with Crippen LogP contribution < -0.4 is 5.32 Å². The molecule has 0 bridgehead atoms. The third kappa shape index (κ3) is 3.02. The maximum atomic E-state index is 12.9. The number of halogens is 3. The second-order valence-corrected chi connectivity index (χ2v) is 4.41. The lowest BCUT2D eigenvalue weighted by molar-refractivity contribution is 0.0696. The molecule has 2 N–H and O–H groups in total. The molecule has 2 rings (SSSR count). The van der Waals surface area contributed by atoms with Crippen molar-refractivity contribution in [3.63, 3.8) is 0 Å². The number of benzene rings is 1. The minimum Gasteiger partial charge on any atom is -0.476 e. The summed E-state index contributed by atoms with van der Waals surface area (Å²) in [5.74, 6) is -5.28. The second kappa shape index (κ2) is 5.27. The molecule has 1 aromatic heterocycles. The minimum atomic E-state index is -1.53. The van der Waals surface area contributed by atoms with Gasteiger partial charge in [0.25, 0.3) is 0 Å². The van der Waals surface area contributed by atoms with Crippen molar-refractivity contribution < 1.29 is 23.1 Å². The van der Waals surface area contributed by atoms with Gasteiger partial charge < -0.3 is 10.4 Å². The fraction of sp³-hybridized carbons (Fsp3) is 0.0909. The molecular formula is C11H7F3N2O2S. The molecule has 0 aliphatic heterocycles. The van der Waals surface area contributed by atoms with Crippen LogP contribution in [-0.2, 0) is 6.54 Å². The van der Waals surface area contributed by atoms with Crippen LogP contribution >= 0.6 is 11.3 Å². The summed E-state index contributed by atoms with van der Waals surface area (Å²) in [6, 6.07) is 1.62. The van der Waals surface area contributed by atoms with E-state index in [0.29, 0.717) is 5.69 Å². The first kappa shape index (κ1) is 13.3. The van der Waals surface area contributed by atoms with E-state index in [4.69, 9.17) is 5.11 Å². The molecule has 0 atom stereocenters. The minimum absolute atomic E-state index is 0.0428. The summed E-state index contributed by atoms with van der Waals surface area (Å²) in [5.41, 5.74) is 0.453. The quantitative estimate of drug-likeness (QED) is 0.849. The molecule has 4 nitrogen and oxygen atoms in total. The zero-order chi connectivity index (χ0) is 14.0. The predicted octanol–water partition coefficient (Wildman–Crippen LogP) is 2.87. The van der Waals surface area contributed by atoms with Gasteiger partial charge in [-0.2, -0.15) is 0 Å². The van der Waals surface area contributed by atoms with E-state index in [1.807, 2.05) is 0 Å². The molecule has 0 aliphatic carbocycles. The number of hydrogen-bond acceptors (Lipinski definition) is 4. The number of carboxylic acids is 1. The van der Waals surface area contributed by atoms with Gasteiger partial charge in [-0.05, 0) is 0 Å². The van der Waals surface area contributed by atoms with E-state index < -0.39 is 23.4 Å². The number of aromatic carboxylic acids is 1. The van der Waals surface area contributed by atoms with Crippen LogP contribution in [0.15, 0.2) is 17.5 Å². The van der Waals surface area contributed by atoms with Crippen LogP contribution in [0.2, 0.25) is 0 Å². The van der Waals surface area contributed by atoms with Crippen molar-refractivity contribution in [1.29, 1.82) is 0 Å². The summed E-state index contributed by atoms with van der Waals surface area (Å²) >= 11 is 0.943. The van der Waals surface area contributed by atoms with Gasteiger partial charge in [-0.1, -0.05) is 0 Å². The Hall–Kier alpha value is -2.09. The van der Waals surface area contributed by atoms with Crippen LogP contribution in [0.5, 0.6) is 0 Å². The molecule has 100 valence electrons. The average Bonchev–Trinajstić information content (AvgIpc) is 2.82. The highest BCUT2D eigenvalue weighted by molar-refractivity contribution is 7.11. The summed E-state index contributed by atoms with van der Waals surface area (Å²) in [6.45, 7) is 0.0777. The van der Waals surface area contributed by atoms with E-state index in [-0.39, 0.29) is 17.2 Å². The Labute approximate surface area is 109 Å². The zero-order valence-corrected chi connectivity index (χ0v) is 10.1. The number of anilines is 1. The summed E-state index contributed by atoms with van der Waals surface area (Å²) in [7, 11) is 0. The van der Waals surface area contributed by atoms with Crippen molar-refractivity contribution in [2.24, 2.45) is 0 Å². The van der Waals surface area contributed by atoms with Crippen molar-refractivity contribution in [2.45, 2.75) is 6.54 Å². The number of nitrogens with one attached hydrogen (secondary N) is 1. The standard InChI is InChI=1S/C11H7F3N2O2S/c12-7-1-5(2-8(13)9(7)14)15-3-6-4-19-10(16-6)11(17)18/h1-2,4,15H,3H2,(H,17,18). The van der Waals surface area contributed by atoms with Gasteiger partial charge in [-0.3, -0.25) is 0 Å². The first-order chi connectivity index (χ1) is 8.97. The van der Waals surface area contributed by atoms with Crippen molar-refractivity contribution in [3.8, 4) is 0 Å². The highest BCUT2D eigenvalue weighted by Crippen LogP contribution is 2.18. The number of thiazole rings is 1. The molecule has 0 unspecified atom stereocenters. The van der Waals surface area contributed by atoms with Crippen LogP contribution in [0.4, 0.5) is 18.9 Å². The number of hydrogen-bond donors (Lipinski definition) is 2. The van der Waals surface area contributed by atoms with E-state index in [1.54, 1.807) is 0 Å². The van der Waals surface area contributed by atoms with E-state index in [0.717, 1.165) is 23.5 Å². The Kier molecular flexibility index (Phi) is 3.70. The lowest BCUT2D eigenvalue weighted by Gasteiger charge is -2.05. The molecule has 2 aromatic rings. The molecule has 0 aliphatic rings. The maximum absolute atomic E-state index is 12.9. The third-order valence-electron chi connectivity index (χ3n) is 2.19. The molecule has 1 heterocycles. The van der Waals surface area contributed by atoms with Gasteiger partial charge in [0.15, 0.2) is 17.5 Å². The SMILES string of the molecule is O=C(O)c1nc(CNc2cc(F)c(F)c(F)c2)cs1. The highest BCUT2D eigenvalue weighted by atomic mass is 32.1. The van der Waals surface area contributed by atoms with Gasteiger partial charge in [0.05, 0.1) is 12.2 Å². The molecular weight excluding hydrogens is 281 g/mol. The normalized spacial score (nSPS) is 10.5. The third-order valence-corrected chi connectivity index (χ3v) is 3.07. The van der Waals surface area contributed by atoms with E-state index in [9.17, 15) is 18.0 Å². The molecule has 1 aromatic carbocycles. The summed E-state index contributed by atoms with van der Waals surface area (Å²) in [6.07, 6.45) is 0. The zero-order valence-electron chi connectivity index (χ0n) is 9.28. The Morgan fingerprint density at radius 1 is 1.32 bits per heavy atom. The summed E-state index contributed by atoms with van der Waals surface area (Å²) in [4.78, 5) is 14.4. The summed E-state index contributed by atoms with van der Waals surface area (Å²) in [5, 5.41) is 12.7. The molecule has 0 fully saturated rings. The maximum Gasteiger partial charge on any atom is 0.365 e. The first-order valence-electron chi connectivity index (χ1n) is 5.03. The van der Waals surface area contributed by atoms with Crippen LogP contribution in [0.1, 0.15) is 15.5 Å². The van der Waals surface area contributed by atoms with Gasteiger partial charge >= 0.3 is 5.97 Å². The molecule has 19 heavy (non-hydrogen) atoms. The van der Waals surface area contributed by atoms with Gasteiger partial charge in [0, 0.05) is 23.2 Å². The fourth-order valence-electron chi connectivity index (χ4n) is 1.34. The number of carboxylic acid groups (broad SMARTS) is 1. The van der Waals surface area contributed by atoms with E-state index >= 15 is 0 Å². The molecule has 0 spiro atoms. The predicted molar refractivity (Wildman–Crippen MR) is 62.7 cm³/mol. The van der Waals surface area contributed by atoms with E-state index in [1.165, 1.54) is 5.38 Å². The lowest BCUT2D eigenvalue weighted by Crippen LogP contribution is -2.03. The van der Waals surface area contributed by atoms with Crippen LogP contribution in [0, 0.1) is 17.5 Å². The Balaban J connectivity index is 2.08. The largest absolute Gasteiger partial charge is 0.476 e. The number of aromatic nitrogens is 1. The smallest absolute Gasteiger partial charge is 0.365 e. The molecule has 0 amide bonds. The highest BCUT2D eigenvalue weighted by Gasteiger charge is 2.11. The van der Waals surface area contributed by atoms with Crippen LogP contribution in [0.25, 0.3) is 0 Å². The average molecular weight is 288 g/mol. The monoisotopic (exact) mass is 288 g/mol. The lowest BCUT2D eigenvalue weighted by atomic mass is 10.3. The molecule has 0 radical (unpaired) electrons. The Morgan fingerprint density at radius 2 is 1.95 bits per heavy atom. The first-order valence-corrected chi connectivity index (χ1v) is 5.91. The Bertz CT molecular complexity index is 607. The van der Waals surface area contributed by atoms with Crippen molar-refractivity contribution in [1.82, 2.24) is 4.98 Å². The van der Waals surface area contributed by atoms with Crippen molar-refractivity contribution in [3.05, 3.63) is 45.7 Å². The molecule has 0 saturated heterocycles. The number of rotatable bonds is 4. The van der Waals surface area contributed by atoms with Crippen molar-refractivity contribution in [2.75, 3.05) is 5.32 Å². The van der Waals surface area contributed by atoms with Gasteiger partial charge in [0.2, 0.25) is 5.01 Å². The van der Waals surface area contributed by atoms with Gasteiger partial charge in [0.1, 0.15) is 0 Å². The Morgan fingerprint density at radius 3 is 2.47 bits per heavy atom. The summed E-state index contributed by atoms with van der Waals surface area (Å²) < 4.78 is 38.6. The van der Waals surface area contributed by atoms with Crippen LogP contribution in [-0.4, -0.2) is 16.1 Å². The fourth-order valence-corrected chi connectivity index (χ4v) is 1.99. The second-order valence-electron chi connectivity index (χ2n) is 3.56. The van der Waals surface area contributed by atoms with Gasteiger partial charge in [-0.25, -0.2) is 22.9 Å². The van der Waals surface area contributed by atoms with Crippen LogP contribution in [0.3, 0.4) is 0 Å². The van der Waals surface area contributed by atoms with Crippen molar-refractivity contribution >= 4 is 23.0 Å². The molecule has 8 heteroatoms. The number of carbonyl (C=O) groups is 1. The van der Waals surface area contributed by atoms with E-state index in [2.05, 4.69) is 10.3 Å². The molecule has 0 saturated carbocycles. The topological polar surface area (TPSA) is 62.2 Å². The number of nitrogens with zero attached hydrogens (tertiary/aromatic N) is 1.